The molecule has 0 aromatic heterocycles. The molecule has 0 rings (SSSR count). The van der Waals surface area contributed by atoms with E-state index >= 15 is 0 Å². The van der Waals surface area contributed by atoms with Gasteiger partial charge in [-0.1, -0.05) is 0 Å². The number of hydrogen-bond donors (Lipinski definition) is 0. The third-order valence-corrected chi connectivity index (χ3v) is 0.846. The monoisotopic (exact) mass is 220 g/mol. The van der Waals surface area contributed by atoms with Crippen LogP contribution < -0.4 is 0 Å². The van der Waals surface area contributed by atoms with Crippen LogP contribution in [0.2, 0.25) is 0 Å². The number of carbonyl (C=O) groups excluding carboxylic acids is 2. The van der Waals surface area contributed by atoms with E-state index in [0.29, 0.717) is 0 Å². The lowest BCUT2D eigenvalue weighted by Gasteiger charge is -2.05. The highest BCUT2D eigenvalue weighted by Crippen LogP contribution is 2.19. The first-order valence-electron chi connectivity index (χ1n) is 2.86. The molecule has 76 valence electrons. The van der Waals surface area contributed by atoms with Gasteiger partial charge in [-0.2, -0.15) is 13.2 Å². The number of ether oxygens (including phenoxy) is 2. The summed E-state index contributed by atoms with van der Waals surface area (Å²) in [5.74, 6) is -1.54. The van der Waals surface area contributed by atoms with Crippen LogP contribution >= 0.6 is 11.6 Å². The highest BCUT2D eigenvalue weighted by Gasteiger charge is 2.32. The Hall–Kier alpha value is -0.980. The van der Waals surface area contributed by atoms with Gasteiger partial charge in [0.1, 0.15) is 6.42 Å². The third kappa shape index (κ3) is 8.93. The molecule has 0 spiro atoms. The van der Waals surface area contributed by atoms with Crippen molar-refractivity contribution in [3.8, 4) is 0 Å². The van der Waals surface area contributed by atoms with E-state index in [1.165, 1.54) is 0 Å². The van der Waals surface area contributed by atoms with Crippen LogP contribution in [0.25, 0.3) is 0 Å². The first-order chi connectivity index (χ1) is 5.81. The van der Waals surface area contributed by atoms with Crippen LogP contribution in [0.15, 0.2) is 0 Å². The van der Waals surface area contributed by atoms with E-state index in [4.69, 9.17) is 0 Å². The molecule has 0 aliphatic carbocycles. The van der Waals surface area contributed by atoms with Gasteiger partial charge >= 0.3 is 17.6 Å². The lowest BCUT2D eigenvalue weighted by molar-refractivity contribution is -0.176. The van der Waals surface area contributed by atoms with Gasteiger partial charge in [0.2, 0.25) is 6.79 Å². The van der Waals surface area contributed by atoms with Gasteiger partial charge in [-0.3, -0.25) is 4.79 Å². The Morgan fingerprint density at radius 1 is 1.23 bits per heavy atom. The maximum atomic E-state index is 11.5. The normalized spacial score (nSPS) is 10.8. The Kier molecular flexibility index (Phi) is 4.53. The average Bonchev–Trinajstić information content (AvgIpc) is 1.81. The summed E-state index contributed by atoms with van der Waals surface area (Å²) in [5.41, 5.74) is -1.26. The fourth-order valence-electron chi connectivity index (χ4n) is 0.356. The zero-order chi connectivity index (χ0) is 10.5. The number of halogens is 4. The third-order valence-electron chi connectivity index (χ3n) is 0.737. The highest BCUT2D eigenvalue weighted by atomic mass is 35.5. The standard InChI is InChI=1S/C5H4ClF3O4/c6-4(11)13-2-12-3(10)1-5(7,8)9/h1-2H2. The van der Waals surface area contributed by atoms with E-state index in [1.54, 1.807) is 0 Å². The van der Waals surface area contributed by atoms with Crippen molar-refractivity contribution < 1.29 is 32.2 Å². The number of rotatable bonds is 3. The lowest BCUT2D eigenvalue weighted by Crippen LogP contribution is -2.18. The smallest absolute Gasteiger partial charge is 0.406 e. The van der Waals surface area contributed by atoms with Gasteiger partial charge < -0.3 is 9.47 Å². The summed E-state index contributed by atoms with van der Waals surface area (Å²) in [5, 5.41) is 0. The van der Waals surface area contributed by atoms with Crippen LogP contribution in [0.1, 0.15) is 6.42 Å². The molecule has 0 N–H and O–H groups in total. The Morgan fingerprint density at radius 3 is 2.15 bits per heavy atom. The summed E-state index contributed by atoms with van der Waals surface area (Å²) in [7, 11) is 0. The molecule has 0 atom stereocenters. The fourth-order valence-corrected chi connectivity index (χ4v) is 0.401. The minimum atomic E-state index is -4.64. The molecule has 0 amide bonds. The molecule has 8 heteroatoms. The van der Waals surface area contributed by atoms with Crippen molar-refractivity contribution in [3.05, 3.63) is 0 Å². The second-order valence-electron chi connectivity index (χ2n) is 1.81. The maximum absolute atomic E-state index is 11.5. The Labute approximate surface area is 75.5 Å². The molecule has 0 aliphatic rings. The van der Waals surface area contributed by atoms with Crippen LogP contribution in [0, 0.1) is 0 Å². The van der Waals surface area contributed by atoms with Crippen molar-refractivity contribution in [2.24, 2.45) is 0 Å². The molecule has 0 fully saturated rings. The van der Waals surface area contributed by atoms with E-state index in [2.05, 4.69) is 21.1 Å². The molecule has 0 saturated carbocycles. The molecular weight excluding hydrogens is 216 g/mol. The Bertz CT molecular complexity index is 202. The minimum Gasteiger partial charge on any atom is -0.428 e. The second-order valence-corrected chi connectivity index (χ2v) is 2.12. The SMILES string of the molecule is O=C(Cl)OCOC(=O)CC(F)(F)F. The van der Waals surface area contributed by atoms with Gasteiger partial charge in [-0.25, -0.2) is 4.79 Å². The first kappa shape index (κ1) is 12.0. The summed E-state index contributed by atoms with van der Waals surface area (Å²) in [6.07, 6.45) is -6.37. The molecule has 13 heavy (non-hydrogen) atoms. The van der Waals surface area contributed by atoms with Gasteiger partial charge in [0.25, 0.3) is 0 Å². The summed E-state index contributed by atoms with van der Waals surface area (Å²) >= 11 is 4.62. The van der Waals surface area contributed by atoms with Crippen molar-refractivity contribution in [3.63, 3.8) is 0 Å². The van der Waals surface area contributed by atoms with Crippen LogP contribution in [0.3, 0.4) is 0 Å². The molecule has 0 unspecified atom stereocenters. The second kappa shape index (κ2) is 4.90. The molecular formula is C5H4ClF3O4. The average molecular weight is 221 g/mol. The molecule has 0 radical (unpaired) electrons. The Morgan fingerprint density at radius 2 is 1.77 bits per heavy atom. The molecule has 4 nitrogen and oxygen atoms in total. The summed E-state index contributed by atoms with van der Waals surface area (Å²) < 4.78 is 42.1. The van der Waals surface area contributed by atoms with Crippen molar-refractivity contribution in [1.82, 2.24) is 0 Å². The largest absolute Gasteiger partial charge is 0.428 e. The van der Waals surface area contributed by atoms with Gasteiger partial charge in [0.05, 0.1) is 0 Å². The van der Waals surface area contributed by atoms with Crippen molar-refractivity contribution in [1.29, 1.82) is 0 Å². The van der Waals surface area contributed by atoms with E-state index in [9.17, 15) is 22.8 Å². The number of carbonyl (C=O) groups is 2. The van der Waals surface area contributed by atoms with E-state index in [-0.39, 0.29) is 0 Å². The summed E-state index contributed by atoms with van der Waals surface area (Å²) in [6.45, 7) is -0.919. The van der Waals surface area contributed by atoms with Crippen LogP contribution in [0.5, 0.6) is 0 Å². The lowest BCUT2D eigenvalue weighted by atomic mass is 10.4. The quantitative estimate of drug-likeness (QED) is 0.414. The molecule has 0 saturated heterocycles. The predicted octanol–water partition coefficient (Wildman–Crippen LogP) is 1.81. The van der Waals surface area contributed by atoms with Crippen molar-refractivity contribution in [2.75, 3.05) is 6.79 Å². The fraction of sp³-hybridized carbons (Fsp3) is 0.600. The highest BCUT2D eigenvalue weighted by molar-refractivity contribution is 6.61. The molecule has 0 heterocycles. The zero-order valence-corrected chi connectivity index (χ0v) is 6.81. The Balaban J connectivity index is 3.59. The minimum absolute atomic E-state index is 0.919. The van der Waals surface area contributed by atoms with Gasteiger partial charge in [-0.05, 0) is 0 Å². The summed E-state index contributed by atoms with van der Waals surface area (Å²) in [4.78, 5) is 20.1. The van der Waals surface area contributed by atoms with E-state index in [1.807, 2.05) is 0 Å². The maximum Gasteiger partial charge on any atom is 0.406 e. The topological polar surface area (TPSA) is 52.6 Å². The molecule has 0 aromatic rings. The van der Waals surface area contributed by atoms with Gasteiger partial charge in [-0.15, -0.1) is 0 Å². The molecule has 0 aliphatic heterocycles. The zero-order valence-electron chi connectivity index (χ0n) is 6.06. The van der Waals surface area contributed by atoms with Crippen LogP contribution in [-0.4, -0.2) is 24.4 Å². The summed E-state index contributed by atoms with van der Waals surface area (Å²) in [6, 6.07) is 0. The predicted molar refractivity (Wildman–Crippen MR) is 34.0 cm³/mol. The van der Waals surface area contributed by atoms with Crippen LogP contribution in [0.4, 0.5) is 18.0 Å². The van der Waals surface area contributed by atoms with Crippen molar-refractivity contribution >= 4 is 23.0 Å². The number of alkyl halides is 3. The van der Waals surface area contributed by atoms with Crippen LogP contribution in [-0.2, 0) is 14.3 Å². The number of esters is 1. The van der Waals surface area contributed by atoms with Crippen molar-refractivity contribution in [2.45, 2.75) is 12.6 Å². The van der Waals surface area contributed by atoms with E-state index < -0.39 is 30.8 Å². The first-order valence-corrected chi connectivity index (χ1v) is 3.23. The van der Waals surface area contributed by atoms with Gasteiger partial charge in [0, 0.05) is 11.6 Å². The number of hydrogen-bond acceptors (Lipinski definition) is 4. The van der Waals surface area contributed by atoms with Gasteiger partial charge in [0.15, 0.2) is 0 Å². The molecule has 0 bridgehead atoms. The van der Waals surface area contributed by atoms with E-state index in [0.717, 1.165) is 0 Å². The molecule has 0 aromatic carbocycles.